The Labute approximate surface area is 92.6 Å². The molecule has 2 nitrogen and oxygen atoms in total. The number of carbonyl (C=O) groups is 1. The zero-order chi connectivity index (χ0) is 10.6. The fourth-order valence-electron chi connectivity index (χ4n) is 1.04. The van der Waals surface area contributed by atoms with Crippen LogP contribution in [0.4, 0.5) is 0 Å². The normalized spacial score (nSPS) is 10.7. The summed E-state index contributed by atoms with van der Waals surface area (Å²) in [5.74, 6) is -0.409. The van der Waals surface area contributed by atoms with Crippen LogP contribution in [0.3, 0.4) is 0 Å². The summed E-state index contributed by atoms with van der Waals surface area (Å²) in [5, 5.41) is 9.30. The number of aromatic carboxylic acids is 1. The van der Waals surface area contributed by atoms with Crippen LogP contribution in [0.1, 0.15) is 15.9 Å². The van der Waals surface area contributed by atoms with Crippen LogP contribution < -0.4 is 0 Å². The summed E-state index contributed by atoms with van der Waals surface area (Å²) in [6, 6.07) is 4.76. The van der Waals surface area contributed by atoms with Crippen LogP contribution in [0.25, 0.3) is 6.08 Å². The van der Waals surface area contributed by atoms with E-state index >= 15 is 0 Å². The summed E-state index contributed by atoms with van der Waals surface area (Å²) < 4.78 is 0. The van der Waals surface area contributed by atoms with Crippen LogP contribution in [0, 0.1) is 0 Å². The average Bonchev–Trinajstić information content (AvgIpc) is 2.15. The van der Waals surface area contributed by atoms with Crippen molar-refractivity contribution in [2.45, 2.75) is 0 Å². The fourth-order valence-corrected chi connectivity index (χ4v) is 1.32. The van der Waals surface area contributed by atoms with Gasteiger partial charge in [-0.25, -0.2) is 4.79 Å². The molecule has 0 aromatic heterocycles. The molecule has 0 radical (unpaired) electrons. The smallest absolute Gasteiger partial charge is 0.336 e. The van der Waals surface area contributed by atoms with Gasteiger partial charge in [0.05, 0.1) is 5.56 Å². The first-order valence-corrected chi connectivity index (χ1v) is 4.96. The van der Waals surface area contributed by atoms with E-state index in [9.17, 15) is 4.79 Å². The third-order valence-corrected chi connectivity index (χ3v) is 2.09. The molecular formula is C10H9ClO2S. The highest BCUT2D eigenvalue weighted by atomic mass is 35.5. The van der Waals surface area contributed by atoms with E-state index in [-0.39, 0.29) is 5.56 Å². The number of hydrogen-bond acceptors (Lipinski definition) is 2. The Balaban J connectivity index is 3.15. The van der Waals surface area contributed by atoms with Crippen molar-refractivity contribution in [1.82, 2.24) is 0 Å². The Bertz CT molecular complexity index is 374. The molecule has 0 aliphatic heterocycles. The molecule has 1 aromatic carbocycles. The lowest BCUT2D eigenvalue weighted by Crippen LogP contribution is -1.99. The van der Waals surface area contributed by atoms with E-state index in [4.69, 9.17) is 16.7 Å². The van der Waals surface area contributed by atoms with Crippen LogP contribution in [0.15, 0.2) is 24.3 Å². The number of halogens is 1. The molecule has 4 heteroatoms. The van der Waals surface area contributed by atoms with Gasteiger partial charge in [0, 0.05) is 10.8 Å². The largest absolute Gasteiger partial charge is 0.478 e. The highest BCUT2D eigenvalue weighted by Gasteiger charge is 2.07. The minimum atomic E-state index is -0.980. The molecule has 0 aliphatic rings. The predicted octanol–water partition coefficient (Wildman–Crippen LogP) is 2.98. The van der Waals surface area contributed by atoms with E-state index in [2.05, 4.69) is 12.6 Å². The number of thiol groups is 1. The van der Waals surface area contributed by atoms with E-state index in [1.165, 1.54) is 6.07 Å². The summed E-state index contributed by atoms with van der Waals surface area (Å²) in [6.07, 6.45) is 3.49. The van der Waals surface area contributed by atoms with Gasteiger partial charge in [0.25, 0.3) is 0 Å². The molecule has 0 unspecified atom stereocenters. The van der Waals surface area contributed by atoms with Crippen LogP contribution in [-0.4, -0.2) is 16.8 Å². The summed E-state index contributed by atoms with van der Waals surface area (Å²) >= 11 is 9.69. The molecule has 14 heavy (non-hydrogen) atoms. The lowest BCUT2D eigenvalue weighted by atomic mass is 10.1. The first-order valence-electron chi connectivity index (χ1n) is 3.95. The molecule has 74 valence electrons. The first kappa shape index (κ1) is 11.1. The molecular weight excluding hydrogens is 220 g/mol. The third-order valence-electron chi connectivity index (χ3n) is 1.65. The van der Waals surface area contributed by atoms with Crippen LogP contribution in [0.5, 0.6) is 0 Å². The van der Waals surface area contributed by atoms with Crippen molar-refractivity contribution >= 4 is 36.3 Å². The van der Waals surface area contributed by atoms with Gasteiger partial charge in [-0.2, -0.15) is 12.6 Å². The second kappa shape index (κ2) is 5.08. The van der Waals surface area contributed by atoms with Gasteiger partial charge in [0.15, 0.2) is 0 Å². The number of rotatable bonds is 3. The molecule has 1 aromatic rings. The van der Waals surface area contributed by atoms with Gasteiger partial charge in [-0.05, 0) is 17.7 Å². The zero-order valence-electron chi connectivity index (χ0n) is 7.27. The average molecular weight is 229 g/mol. The van der Waals surface area contributed by atoms with Crippen molar-refractivity contribution in [1.29, 1.82) is 0 Å². The summed E-state index contributed by atoms with van der Waals surface area (Å²) in [6.45, 7) is 0. The van der Waals surface area contributed by atoms with Gasteiger partial charge in [-0.1, -0.05) is 29.8 Å². The van der Waals surface area contributed by atoms with Gasteiger partial charge in [0.2, 0.25) is 0 Å². The highest BCUT2D eigenvalue weighted by molar-refractivity contribution is 7.80. The van der Waals surface area contributed by atoms with E-state index < -0.39 is 5.97 Å². The van der Waals surface area contributed by atoms with Gasteiger partial charge in [0.1, 0.15) is 0 Å². The quantitative estimate of drug-likeness (QED) is 0.781. The molecule has 0 saturated carbocycles. The van der Waals surface area contributed by atoms with Crippen molar-refractivity contribution in [2.75, 3.05) is 5.75 Å². The van der Waals surface area contributed by atoms with Crippen molar-refractivity contribution < 1.29 is 9.90 Å². The molecule has 0 heterocycles. The Morgan fingerprint density at radius 1 is 1.57 bits per heavy atom. The molecule has 0 bridgehead atoms. The van der Waals surface area contributed by atoms with Crippen LogP contribution >= 0.6 is 24.2 Å². The van der Waals surface area contributed by atoms with E-state index in [0.717, 1.165) is 0 Å². The SMILES string of the molecule is O=C(O)c1cc(Cl)ccc1C=CCS. The molecule has 1 N–H and O–H groups in total. The standard InChI is InChI=1S/C10H9ClO2S/c11-8-4-3-7(2-1-5-14)9(6-8)10(12)13/h1-4,6,14H,5H2,(H,12,13). The molecule has 1 rings (SSSR count). The van der Waals surface area contributed by atoms with Crippen molar-refractivity contribution in [3.63, 3.8) is 0 Å². The van der Waals surface area contributed by atoms with E-state index in [1.54, 1.807) is 24.3 Å². The summed E-state index contributed by atoms with van der Waals surface area (Å²) in [7, 11) is 0. The summed E-state index contributed by atoms with van der Waals surface area (Å²) in [4.78, 5) is 10.8. The zero-order valence-corrected chi connectivity index (χ0v) is 8.92. The summed E-state index contributed by atoms with van der Waals surface area (Å²) in [5.41, 5.74) is 0.839. The second-order valence-electron chi connectivity index (χ2n) is 2.62. The maximum Gasteiger partial charge on any atom is 0.336 e. The monoisotopic (exact) mass is 228 g/mol. The molecule has 0 saturated heterocycles. The second-order valence-corrected chi connectivity index (χ2v) is 3.42. The van der Waals surface area contributed by atoms with Crippen LogP contribution in [-0.2, 0) is 0 Å². The Kier molecular flexibility index (Phi) is 4.04. The fraction of sp³-hybridized carbons (Fsp3) is 0.100. The van der Waals surface area contributed by atoms with E-state index in [1.807, 2.05) is 0 Å². The molecule has 0 atom stereocenters. The first-order chi connectivity index (χ1) is 6.65. The van der Waals surface area contributed by atoms with Gasteiger partial charge >= 0.3 is 5.97 Å². The number of carboxylic acid groups (broad SMARTS) is 1. The predicted molar refractivity (Wildman–Crippen MR) is 61.3 cm³/mol. The topological polar surface area (TPSA) is 37.3 Å². The number of benzene rings is 1. The molecule has 0 amide bonds. The Morgan fingerprint density at radius 2 is 2.29 bits per heavy atom. The highest BCUT2D eigenvalue weighted by Crippen LogP contribution is 2.17. The van der Waals surface area contributed by atoms with Gasteiger partial charge in [-0.15, -0.1) is 0 Å². The molecule has 0 spiro atoms. The third kappa shape index (κ3) is 2.79. The van der Waals surface area contributed by atoms with Gasteiger partial charge in [-0.3, -0.25) is 0 Å². The van der Waals surface area contributed by atoms with Crippen LogP contribution in [0.2, 0.25) is 5.02 Å². The minimum Gasteiger partial charge on any atom is -0.478 e. The van der Waals surface area contributed by atoms with Crippen molar-refractivity contribution in [3.8, 4) is 0 Å². The van der Waals surface area contributed by atoms with Crippen molar-refractivity contribution in [3.05, 3.63) is 40.4 Å². The number of carboxylic acids is 1. The minimum absolute atomic E-state index is 0.204. The molecule has 0 aliphatic carbocycles. The lowest BCUT2D eigenvalue weighted by Gasteiger charge is -2.01. The maximum atomic E-state index is 10.8. The maximum absolute atomic E-state index is 10.8. The van der Waals surface area contributed by atoms with Crippen molar-refractivity contribution in [2.24, 2.45) is 0 Å². The molecule has 0 fully saturated rings. The Hall–Kier alpha value is -0.930. The van der Waals surface area contributed by atoms with E-state index in [0.29, 0.717) is 16.3 Å². The Morgan fingerprint density at radius 3 is 2.86 bits per heavy atom. The lowest BCUT2D eigenvalue weighted by molar-refractivity contribution is 0.0696. The van der Waals surface area contributed by atoms with Gasteiger partial charge < -0.3 is 5.11 Å². The number of hydrogen-bond donors (Lipinski definition) is 2.